The van der Waals surface area contributed by atoms with E-state index in [1.54, 1.807) is 12.3 Å². The fraction of sp³-hybridized carbons (Fsp3) is 0.0476. The normalized spacial score (nSPS) is 11.3. The molecule has 3 heteroatoms. The average Bonchev–Trinajstić information content (AvgIpc) is 2.64. The van der Waals surface area contributed by atoms with Crippen LogP contribution in [0.2, 0.25) is 0 Å². The van der Waals surface area contributed by atoms with Crippen LogP contribution in [-0.4, -0.2) is 10.9 Å². The van der Waals surface area contributed by atoms with E-state index < -0.39 is 0 Å². The number of benzene rings is 2. The summed E-state index contributed by atoms with van der Waals surface area (Å²) in [4.78, 5) is 16.1. The van der Waals surface area contributed by atoms with E-state index in [2.05, 4.69) is 16.4 Å². The summed E-state index contributed by atoms with van der Waals surface area (Å²) in [6, 6.07) is 19.9. The summed E-state index contributed by atoms with van der Waals surface area (Å²) in [5, 5.41) is 3.96. The Kier molecular flexibility index (Phi) is 5.15. The van der Waals surface area contributed by atoms with Gasteiger partial charge in [0.1, 0.15) is 0 Å². The van der Waals surface area contributed by atoms with E-state index in [1.165, 1.54) is 6.08 Å². The Hall–Kier alpha value is -3.20. The van der Waals surface area contributed by atoms with Gasteiger partial charge in [0.25, 0.3) is 0 Å². The highest BCUT2D eigenvalue weighted by Gasteiger charge is 1.95. The largest absolute Gasteiger partial charge is 0.348 e. The molecule has 0 aliphatic carbocycles. The molecule has 3 nitrogen and oxygen atoms in total. The van der Waals surface area contributed by atoms with Gasteiger partial charge in [-0.05, 0) is 29.3 Å². The minimum atomic E-state index is -0.105. The number of nitrogens with one attached hydrogen (secondary N) is 1. The molecule has 1 N–H and O–H groups in total. The van der Waals surface area contributed by atoms with Gasteiger partial charge in [0.2, 0.25) is 5.91 Å². The van der Waals surface area contributed by atoms with Gasteiger partial charge in [-0.2, -0.15) is 0 Å². The molecule has 0 saturated carbocycles. The van der Waals surface area contributed by atoms with Crippen molar-refractivity contribution in [2.24, 2.45) is 0 Å². The minimum Gasteiger partial charge on any atom is -0.348 e. The van der Waals surface area contributed by atoms with Crippen molar-refractivity contribution in [2.75, 3.05) is 0 Å². The van der Waals surface area contributed by atoms with Gasteiger partial charge in [0.15, 0.2) is 0 Å². The number of rotatable bonds is 5. The van der Waals surface area contributed by atoms with Crippen LogP contribution < -0.4 is 5.32 Å². The monoisotopic (exact) mass is 314 g/mol. The molecule has 1 amide bonds. The Morgan fingerprint density at radius 3 is 2.75 bits per heavy atom. The van der Waals surface area contributed by atoms with Crippen molar-refractivity contribution < 1.29 is 4.79 Å². The second-order valence-corrected chi connectivity index (χ2v) is 5.38. The number of allylic oxidation sites excluding steroid dienone is 2. The van der Waals surface area contributed by atoms with Crippen molar-refractivity contribution in [3.8, 4) is 0 Å². The maximum absolute atomic E-state index is 11.8. The lowest BCUT2D eigenvalue weighted by Gasteiger charge is -2.01. The molecule has 0 spiro atoms. The zero-order chi connectivity index (χ0) is 16.6. The van der Waals surface area contributed by atoms with Crippen molar-refractivity contribution in [3.05, 3.63) is 96.2 Å². The summed E-state index contributed by atoms with van der Waals surface area (Å²) in [5.74, 6) is -0.105. The molecule has 0 radical (unpaired) electrons. The second-order valence-electron chi connectivity index (χ2n) is 5.38. The van der Waals surface area contributed by atoms with Gasteiger partial charge >= 0.3 is 0 Å². The molecule has 118 valence electrons. The van der Waals surface area contributed by atoms with Gasteiger partial charge in [-0.25, -0.2) is 0 Å². The zero-order valence-corrected chi connectivity index (χ0v) is 13.2. The Bertz CT molecular complexity index is 882. The van der Waals surface area contributed by atoms with E-state index in [9.17, 15) is 4.79 Å². The van der Waals surface area contributed by atoms with Crippen LogP contribution in [0.4, 0.5) is 0 Å². The first-order chi connectivity index (χ1) is 11.8. The van der Waals surface area contributed by atoms with E-state index in [1.807, 2.05) is 66.7 Å². The SMILES string of the molecule is O=C(/C=C/C=C/c1ccc2ncccc2c1)NCc1ccccc1. The van der Waals surface area contributed by atoms with Gasteiger partial charge in [-0.3, -0.25) is 9.78 Å². The molecule has 1 heterocycles. The summed E-state index contributed by atoms with van der Waals surface area (Å²) in [6.07, 6.45) is 8.89. The molecule has 3 rings (SSSR count). The molecule has 3 aromatic rings. The highest BCUT2D eigenvalue weighted by Crippen LogP contribution is 2.14. The van der Waals surface area contributed by atoms with Crippen molar-refractivity contribution >= 4 is 22.9 Å². The Balaban J connectivity index is 1.54. The van der Waals surface area contributed by atoms with E-state index in [4.69, 9.17) is 0 Å². The third-order valence-corrected chi connectivity index (χ3v) is 3.58. The fourth-order valence-electron chi connectivity index (χ4n) is 2.35. The van der Waals surface area contributed by atoms with Crippen LogP contribution >= 0.6 is 0 Å². The van der Waals surface area contributed by atoms with Crippen LogP contribution in [0.1, 0.15) is 11.1 Å². The van der Waals surface area contributed by atoms with Crippen LogP contribution in [0.25, 0.3) is 17.0 Å². The molecular weight excluding hydrogens is 296 g/mol. The maximum Gasteiger partial charge on any atom is 0.244 e. The summed E-state index contributed by atoms with van der Waals surface area (Å²) in [5.41, 5.74) is 3.13. The van der Waals surface area contributed by atoms with E-state index >= 15 is 0 Å². The third kappa shape index (κ3) is 4.40. The number of hydrogen-bond acceptors (Lipinski definition) is 2. The first kappa shape index (κ1) is 15.7. The summed E-state index contributed by atoms with van der Waals surface area (Å²) in [7, 11) is 0. The average molecular weight is 314 g/mol. The molecule has 1 aromatic heterocycles. The lowest BCUT2D eigenvalue weighted by atomic mass is 10.1. The Labute approximate surface area is 141 Å². The second kappa shape index (κ2) is 7.88. The number of amides is 1. The van der Waals surface area contributed by atoms with Gasteiger partial charge < -0.3 is 5.32 Å². The summed E-state index contributed by atoms with van der Waals surface area (Å²) >= 11 is 0. The maximum atomic E-state index is 11.8. The summed E-state index contributed by atoms with van der Waals surface area (Å²) in [6.45, 7) is 0.533. The van der Waals surface area contributed by atoms with Gasteiger partial charge in [-0.15, -0.1) is 0 Å². The molecular formula is C21H18N2O. The first-order valence-corrected chi connectivity index (χ1v) is 7.82. The quantitative estimate of drug-likeness (QED) is 0.568. The molecule has 0 bridgehead atoms. The number of carbonyl (C=O) groups is 1. The minimum absolute atomic E-state index is 0.105. The third-order valence-electron chi connectivity index (χ3n) is 3.58. The number of fused-ring (bicyclic) bond motifs is 1. The van der Waals surface area contributed by atoms with E-state index in [0.29, 0.717) is 6.54 Å². The topological polar surface area (TPSA) is 42.0 Å². The molecule has 0 atom stereocenters. The smallest absolute Gasteiger partial charge is 0.244 e. The van der Waals surface area contributed by atoms with Crippen molar-refractivity contribution in [2.45, 2.75) is 6.54 Å². The molecule has 24 heavy (non-hydrogen) atoms. The molecule has 0 unspecified atom stereocenters. The van der Waals surface area contributed by atoms with E-state index in [0.717, 1.165) is 22.0 Å². The fourth-order valence-corrected chi connectivity index (χ4v) is 2.35. The standard InChI is InChI=1S/C21H18N2O/c24-21(23-16-18-8-2-1-3-9-18)11-5-4-7-17-12-13-20-19(15-17)10-6-14-22-20/h1-15H,16H2,(H,23,24)/b7-4+,11-5+. The number of aromatic nitrogens is 1. The van der Waals surface area contributed by atoms with Crippen molar-refractivity contribution in [3.63, 3.8) is 0 Å². The number of hydrogen-bond donors (Lipinski definition) is 1. The Morgan fingerprint density at radius 1 is 1.00 bits per heavy atom. The highest BCUT2D eigenvalue weighted by atomic mass is 16.1. The lowest BCUT2D eigenvalue weighted by Crippen LogP contribution is -2.20. The van der Waals surface area contributed by atoms with Crippen LogP contribution in [0.3, 0.4) is 0 Å². The predicted molar refractivity (Wildman–Crippen MR) is 98.2 cm³/mol. The molecule has 0 aliphatic rings. The Morgan fingerprint density at radius 2 is 1.88 bits per heavy atom. The van der Waals surface area contributed by atoms with Gasteiger partial charge in [-0.1, -0.05) is 60.7 Å². The molecule has 2 aromatic carbocycles. The number of pyridine rings is 1. The van der Waals surface area contributed by atoms with Crippen molar-refractivity contribution in [1.82, 2.24) is 10.3 Å². The molecule has 0 aliphatic heterocycles. The first-order valence-electron chi connectivity index (χ1n) is 7.82. The van der Waals surface area contributed by atoms with Gasteiger partial charge in [0.05, 0.1) is 5.52 Å². The summed E-state index contributed by atoms with van der Waals surface area (Å²) < 4.78 is 0. The van der Waals surface area contributed by atoms with Crippen LogP contribution in [0, 0.1) is 0 Å². The zero-order valence-electron chi connectivity index (χ0n) is 13.2. The number of carbonyl (C=O) groups excluding carboxylic acids is 1. The van der Waals surface area contributed by atoms with Crippen LogP contribution in [-0.2, 0) is 11.3 Å². The van der Waals surface area contributed by atoms with Crippen LogP contribution in [0.5, 0.6) is 0 Å². The van der Waals surface area contributed by atoms with E-state index in [-0.39, 0.29) is 5.91 Å². The van der Waals surface area contributed by atoms with Crippen molar-refractivity contribution in [1.29, 1.82) is 0 Å². The van der Waals surface area contributed by atoms with Crippen LogP contribution in [0.15, 0.2) is 85.1 Å². The highest BCUT2D eigenvalue weighted by molar-refractivity contribution is 5.88. The lowest BCUT2D eigenvalue weighted by molar-refractivity contribution is -0.116. The molecule has 0 fully saturated rings. The van der Waals surface area contributed by atoms with Gasteiger partial charge in [0, 0.05) is 24.2 Å². The predicted octanol–water partition coefficient (Wildman–Crippen LogP) is 4.12. The number of nitrogens with zero attached hydrogens (tertiary/aromatic N) is 1. The molecule has 0 saturated heterocycles.